The van der Waals surface area contributed by atoms with E-state index in [0.717, 1.165) is 12.2 Å². The lowest BCUT2D eigenvalue weighted by Gasteiger charge is -2.09. The van der Waals surface area contributed by atoms with Gasteiger partial charge in [-0.25, -0.2) is 0 Å². The third kappa shape index (κ3) is 3.08. The Kier molecular flexibility index (Phi) is 3.82. The number of aryl methyl sites for hydroxylation is 1. The molecule has 2 rings (SSSR count). The molecule has 2 N–H and O–H groups in total. The standard InChI is InChI=1S/C14H17NOS/c1-10-3-5-11(6-4-10)7-13(15)14-8-12(16-2)9-17-14/h3-6,8-9,13H,7,15H2,1-2H3. The maximum atomic E-state index is 6.19. The highest BCUT2D eigenvalue weighted by Gasteiger charge is 2.10. The summed E-state index contributed by atoms with van der Waals surface area (Å²) >= 11 is 1.65. The fraction of sp³-hybridized carbons (Fsp3) is 0.286. The van der Waals surface area contributed by atoms with Crippen LogP contribution in [-0.2, 0) is 6.42 Å². The molecule has 17 heavy (non-hydrogen) atoms. The third-order valence-corrected chi connectivity index (χ3v) is 3.82. The summed E-state index contributed by atoms with van der Waals surface area (Å²) in [6.07, 6.45) is 0.865. The van der Waals surface area contributed by atoms with E-state index < -0.39 is 0 Å². The molecular weight excluding hydrogens is 230 g/mol. The molecule has 3 heteroatoms. The molecule has 2 aromatic rings. The van der Waals surface area contributed by atoms with E-state index in [1.807, 2.05) is 11.4 Å². The minimum absolute atomic E-state index is 0.0478. The second-order valence-electron chi connectivity index (χ2n) is 4.19. The van der Waals surface area contributed by atoms with E-state index in [1.165, 1.54) is 16.0 Å². The molecule has 0 aliphatic heterocycles. The van der Waals surface area contributed by atoms with Gasteiger partial charge in [0, 0.05) is 16.3 Å². The van der Waals surface area contributed by atoms with E-state index in [-0.39, 0.29) is 6.04 Å². The van der Waals surface area contributed by atoms with Gasteiger partial charge in [-0.3, -0.25) is 0 Å². The zero-order valence-electron chi connectivity index (χ0n) is 10.1. The molecule has 1 atom stereocenters. The molecule has 1 unspecified atom stereocenters. The van der Waals surface area contributed by atoms with Crippen molar-refractivity contribution in [1.29, 1.82) is 0 Å². The second-order valence-corrected chi connectivity index (χ2v) is 5.13. The van der Waals surface area contributed by atoms with Crippen LogP contribution in [-0.4, -0.2) is 7.11 Å². The predicted octanol–water partition coefficient (Wildman–Crippen LogP) is 3.31. The second kappa shape index (κ2) is 5.34. The molecule has 2 nitrogen and oxygen atoms in total. The van der Waals surface area contributed by atoms with Gasteiger partial charge in [-0.1, -0.05) is 29.8 Å². The quantitative estimate of drug-likeness (QED) is 0.899. The van der Waals surface area contributed by atoms with Crippen LogP contribution in [0.4, 0.5) is 0 Å². The number of benzene rings is 1. The molecule has 0 amide bonds. The zero-order valence-corrected chi connectivity index (χ0v) is 11.0. The third-order valence-electron chi connectivity index (χ3n) is 2.77. The minimum Gasteiger partial charge on any atom is -0.496 e. The average molecular weight is 247 g/mol. The van der Waals surface area contributed by atoms with Crippen LogP contribution in [0.3, 0.4) is 0 Å². The van der Waals surface area contributed by atoms with Crippen molar-refractivity contribution in [3.63, 3.8) is 0 Å². The molecule has 1 aromatic heterocycles. The largest absolute Gasteiger partial charge is 0.496 e. The van der Waals surface area contributed by atoms with Crippen molar-refractivity contribution in [3.05, 3.63) is 51.7 Å². The van der Waals surface area contributed by atoms with Gasteiger partial charge < -0.3 is 10.5 Å². The minimum atomic E-state index is 0.0478. The lowest BCUT2D eigenvalue weighted by Crippen LogP contribution is -2.11. The van der Waals surface area contributed by atoms with Crippen LogP contribution >= 0.6 is 11.3 Å². The number of ether oxygens (including phenoxy) is 1. The highest BCUT2D eigenvalue weighted by Crippen LogP contribution is 2.27. The summed E-state index contributed by atoms with van der Waals surface area (Å²) in [7, 11) is 1.68. The summed E-state index contributed by atoms with van der Waals surface area (Å²) in [6, 6.07) is 10.6. The summed E-state index contributed by atoms with van der Waals surface area (Å²) in [5.74, 6) is 0.893. The molecular formula is C14H17NOS. The Morgan fingerprint density at radius 3 is 2.59 bits per heavy atom. The van der Waals surface area contributed by atoms with Gasteiger partial charge in [0.05, 0.1) is 7.11 Å². The smallest absolute Gasteiger partial charge is 0.129 e. The van der Waals surface area contributed by atoms with Crippen molar-refractivity contribution >= 4 is 11.3 Å². The molecule has 1 aromatic carbocycles. The first-order chi connectivity index (χ1) is 8.19. The molecule has 0 bridgehead atoms. The Balaban J connectivity index is 2.05. The fourth-order valence-corrected chi connectivity index (χ4v) is 2.57. The summed E-state index contributed by atoms with van der Waals surface area (Å²) in [6.45, 7) is 2.09. The first-order valence-corrected chi connectivity index (χ1v) is 6.50. The Bertz CT molecular complexity index is 475. The van der Waals surface area contributed by atoms with Crippen LogP contribution in [0.15, 0.2) is 35.7 Å². The van der Waals surface area contributed by atoms with Crippen LogP contribution in [0.25, 0.3) is 0 Å². The SMILES string of the molecule is COc1csc(C(N)Cc2ccc(C)cc2)c1. The van der Waals surface area contributed by atoms with Crippen molar-refractivity contribution in [1.82, 2.24) is 0 Å². The molecule has 90 valence electrons. The zero-order chi connectivity index (χ0) is 12.3. The van der Waals surface area contributed by atoms with E-state index in [1.54, 1.807) is 18.4 Å². The van der Waals surface area contributed by atoms with Gasteiger partial charge in [-0.2, -0.15) is 0 Å². The molecule has 0 spiro atoms. The normalized spacial score (nSPS) is 12.4. The Hall–Kier alpha value is -1.32. The number of hydrogen-bond donors (Lipinski definition) is 1. The van der Waals surface area contributed by atoms with E-state index >= 15 is 0 Å². The number of nitrogens with two attached hydrogens (primary N) is 1. The van der Waals surface area contributed by atoms with E-state index in [0.29, 0.717) is 0 Å². The molecule has 0 fully saturated rings. The number of methoxy groups -OCH3 is 1. The van der Waals surface area contributed by atoms with Crippen molar-refractivity contribution in [2.75, 3.05) is 7.11 Å². The monoisotopic (exact) mass is 247 g/mol. The van der Waals surface area contributed by atoms with Crippen LogP contribution in [0, 0.1) is 6.92 Å². The first-order valence-electron chi connectivity index (χ1n) is 5.62. The molecule has 0 aliphatic carbocycles. The van der Waals surface area contributed by atoms with Crippen LogP contribution in [0.1, 0.15) is 22.0 Å². The lowest BCUT2D eigenvalue weighted by atomic mass is 10.0. The predicted molar refractivity (Wildman–Crippen MR) is 72.7 cm³/mol. The maximum absolute atomic E-state index is 6.19. The van der Waals surface area contributed by atoms with Crippen molar-refractivity contribution in [2.45, 2.75) is 19.4 Å². The van der Waals surface area contributed by atoms with Crippen LogP contribution in [0.5, 0.6) is 5.75 Å². The van der Waals surface area contributed by atoms with Gasteiger partial charge in [0.2, 0.25) is 0 Å². The number of hydrogen-bond acceptors (Lipinski definition) is 3. The van der Waals surface area contributed by atoms with Crippen molar-refractivity contribution in [2.24, 2.45) is 5.73 Å². The van der Waals surface area contributed by atoms with E-state index in [2.05, 4.69) is 31.2 Å². The molecule has 0 radical (unpaired) electrons. The topological polar surface area (TPSA) is 35.2 Å². The Morgan fingerprint density at radius 1 is 1.29 bits per heavy atom. The fourth-order valence-electron chi connectivity index (χ4n) is 1.71. The molecule has 0 saturated carbocycles. The van der Waals surface area contributed by atoms with Gasteiger partial charge >= 0.3 is 0 Å². The Labute approximate surface area is 106 Å². The van der Waals surface area contributed by atoms with Gasteiger partial charge in [0.1, 0.15) is 5.75 Å². The van der Waals surface area contributed by atoms with Gasteiger partial charge in [0.25, 0.3) is 0 Å². The summed E-state index contributed by atoms with van der Waals surface area (Å²) < 4.78 is 5.17. The average Bonchev–Trinajstić information content (AvgIpc) is 2.81. The summed E-state index contributed by atoms with van der Waals surface area (Å²) in [5, 5.41) is 1.99. The maximum Gasteiger partial charge on any atom is 0.129 e. The lowest BCUT2D eigenvalue weighted by molar-refractivity contribution is 0.416. The van der Waals surface area contributed by atoms with Crippen LogP contribution in [0.2, 0.25) is 0 Å². The number of thiophene rings is 1. The summed E-state index contributed by atoms with van der Waals surface area (Å²) in [5.41, 5.74) is 8.74. The highest BCUT2D eigenvalue weighted by molar-refractivity contribution is 7.10. The van der Waals surface area contributed by atoms with E-state index in [4.69, 9.17) is 10.5 Å². The van der Waals surface area contributed by atoms with Crippen molar-refractivity contribution < 1.29 is 4.74 Å². The van der Waals surface area contributed by atoms with Gasteiger partial charge in [-0.15, -0.1) is 11.3 Å². The van der Waals surface area contributed by atoms with Gasteiger partial charge in [-0.05, 0) is 25.0 Å². The molecule has 1 heterocycles. The molecule has 0 saturated heterocycles. The highest BCUT2D eigenvalue weighted by atomic mass is 32.1. The Morgan fingerprint density at radius 2 is 2.00 bits per heavy atom. The van der Waals surface area contributed by atoms with Gasteiger partial charge in [0.15, 0.2) is 0 Å². The summed E-state index contributed by atoms with van der Waals surface area (Å²) in [4.78, 5) is 1.17. The first kappa shape index (κ1) is 12.1. The van der Waals surface area contributed by atoms with Crippen molar-refractivity contribution in [3.8, 4) is 5.75 Å². The molecule has 0 aliphatic rings. The van der Waals surface area contributed by atoms with Crippen LogP contribution < -0.4 is 10.5 Å². The number of rotatable bonds is 4. The van der Waals surface area contributed by atoms with E-state index in [9.17, 15) is 0 Å².